The predicted octanol–water partition coefficient (Wildman–Crippen LogP) is 23.5. The van der Waals surface area contributed by atoms with E-state index in [-0.39, 0.29) is 64.9 Å². The number of sulfonamides is 1. The third kappa shape index (κ3) is 28.9. The lowest BCUT2D eigenvalue weighted by Crippen LogP contribution is -2.30. The van der Waals surface area contributed by atoms with Gasteiger partial charge in [-0.25, -0.2) is 47.5 Å². The Balaban J connectivity index is 0.000000186. The van der Waals surface area contributed by atoms with E-state index in [9.17, 15) is 27.6 Å². The minimum atomic E-state index is -4.01. The Morgan fingerprint density at radius 3 is 0.941 bits per heavy atom. The van der Waals surface area contributed by atoms with Crippen molar-refractivity contribution in [3.8, 4) is 57.5 Å². The highest BCUT2D eigenvalue weighted by molar-refractivity contribution is 7.90. The van der Waals surface area contributed by atoms with Gasteiger partial charge in [0.15, 0.2) is 23.0 Å². The van der Waals surface area contributed by atoms with Crippen molar-refractivity contribution in [1.82, 2.24) is 24.7 Å². The fourth-order valence-corrected chi connectivity index (χ4v) is 14.3. The van der Waals surface area contributed by atoms with E-state index in [0.717, 1.165) is 94.4 Å². The number of carboxylic acid groups (broad SMARTS) is 1. The molecule has 4 heterocycles. The molecule has 13 aromatic carbocycles. The molecular formula is C110H105N5O19S. The molecule has 0 fully saturated rings. The van der Waals surface area contributed by atoms with E-state index >= 15 is 0 Å². The lowest BCUT2D eigenvalue weighted by molar-refractivity contribution is 0.0591. The molecule has 0 saturated carbocycles. The van der Waals surface area contributed by atoms with Gasteiger partial charge in [0.1, 0.15) is 87.4 Å². The molecular weight excluding hydrogens is 1730 g/mol. The molecule has 0 aliphatic heterocycles. The van der Waals surface area contributed by atoms with Gasteiger partial charge in [0.05, 0.1) is 94.9 Å². The summed E-state index contributed by atoms with van der Waals surface area (Å²) < 4.78 is 94.5. The average Bonchev–Trinajstić information content (AvgIpc) is 0.866. The number of fused-ring (bicyclic) bond motifs is 4. The van der Waals surface area contributed by atoms with Crippen LogP contribution in [0.2, 0.25) is 0 Å². The van der Waals surface area contributed by atoms with E-state index in [4.69, 9.17) is 61.9 Å². The second-order valence-corrected chi connectivity index (χ2v) is 30.9. The van der Waals surface area contributed by atoms with Crippen molar-refractivity contribution in [2.75, 3.05) is 28.4 Å². The minimum absolute atomic E-state index is 0. The van der Waals surface area contributed by atoms with E-state index < -0.39 is 27.9 Å². The number of benzene rings is 13. The number of para-hydroxylation sites is 4. The molecule has 0 radical (unpaired) electrons. The summed E-state index contributed by atoms with van der Waals surface area (Å²) in [5.74, 6) is 3.27. The van der Waals surface area contributed by atoms with Gasteiger partial charge in [0.2, 0.25) is 0 Å². The van der Waals surface area contributed by atoms with Crippen LogP contribution < -0.4 is 52.1 Å². The third-order valence-corrected chi connectivity index (χ3v) is 21.3. The van der Waals surface area contributed by atoms with Gasteiger partial charge in [-0.2, -0.15) is 0 Å². The monoisotopic (exact) mass is 1830 g/mol. The first kappa shape index (κ1) is 100. The maximum absolute atomic E-state index is 12.7. The Bertz CT molecular complexity index is 6970. The number of carboxylic acids is 1. The van der Waals surface area contributed by atoms with E-state index in [2.05, 4.69) is 24.7 Å². The van der Waals surface area contributed by atoms with Crippen LogP contribution in [-0.4, -0.2) is 85.7 Å². The van der Waals surface area contributed by atoms with E-state index in [1.54, 1.807) is 78.9 Å². The smallest absolute Gasteiger partial charge is 0.337 e. The van der Waals surface area contributed by atoms with Crippen molar-refractivity contribution in [2.24, 2.45) is 0 Å². The summed E-state index contributed by atoms with van der Waals surface area (Å²) in [7, 11) is 1.67. The number of ether oxygens (including phenoxy) is 12. The lowest BCUT2D eigenvalue weighted by Gasteiger charge is -2.13. The maximum atomic E-state index is 12.7. The summed E-state index contributed by atoms with van der Waals surface area (Å²) in [4.78, 5) is 65.6. The van der Waals surface area contributed by atoms with Crippen molar-refractivity contribution in [1.29, 1.82) is 0 Å². The van der Waals surface area contributed by atoms with Crippen molar-refractivity contribution in [2.45, 2.75) is 87.5 Å². The van der Waals surface area contributed by atoms with Crippen molar-refractivity contribution in [3.05, 3.63) is 425 Å². The molecule has 135 heavy (non-hydrogen) atoms. The molecule has 25 heteroatoms. The van der Waals surface area contributed by atoms with Gasteiger partial charge < -0.3 is 61.9 Å². The number of methoxy groups -OCH3 is 4. The summed E-state index contributed by atoms with van der Waals surface area (Å²) in [6.07, 6.45) is 0. The van der Waals surface area contributed by atoms with Crippen molar-refractivity contribution >= 4 is 77.5 Å². The molecule has 2 N–H and O–H groups in total. The Morgan fingerprint density at radius 1 is 0.274 bits per heavy atom. The molecule has 1 amide bonds. The van der Waals surface area contributed by atoms with Gasteiger partial charge in [0, 0.05) is 39.2 Å². The zero-order chi connectivity index (χ0) is 91.1. The maximum Gasteiger partial charge on any atom is 0.337 e. The number of rotatable bonds is 32. The number of amides is 1. The molecule has 17 aromatic rings. The fraction of sp³-hybridized carbons (Fsp3) is 0.145. The molecule has 4 aromatic heterocycles. The molecule has 0 saturated heterocycles. The number of carbonyl (C=O) groups excluding carboxylic acids is 3. The first-order chi connectivity index (χ1) is 63.9. The second-order valence-electron chi connectivity index (χ2n) is 29.2. The zero-order valence-corrected chi connectivity index (χ0v) is 72.5. The van der Waals surface area contributed by atoms with Gasteiger partial charge >= 0.3 is 17.9 Å². The van der Waals surface area contributed by atoms with E-state index in [0.29, 0.717) is 103 Å². The lowest BCUT2D eigenvalue weighted by atomic mass is 10.1. The van der Waals surface area contributed by atoms with Crippen LogP contribution in [0.15, 0.2) is 363 Å². The number of nitrogens with zero attached hydrogens (tertiary/aromatic N) is 4. The predicted molar refractivity (Wildman–Crippen MR) is 524 cm³/mol. The van der Waals surface area contributed by atoms with Crippen molar-refractivity contribution in [3.63, 3.8) is 0 Å². The van der Waals surface area contributed by atoms with Gasteiger partial charge in [0.25, 0.3) is 15.9 Å². The highest BCUT2D eigenvalue weighted by atomic mass is 32.2. The van der Waals surface area contributed by atoms with Crippen LogP contribution >= 0.6 is 0 Å². The molecule has 0 aliphatic rings. The normalized spacial score (nSPS) is 10.4. The van der Waals surface area contributed by atoms with Crippen LogP contribution in [0.1, 0.15) is 116 Å². The van der Waals surface area contributed by atoms with Crippen LogP contribution in [0.25, 0.3) is 43.6 Å². The molecule has 17 rings (SSSR count). The second kappa shape index (κ2) is 49.9. The highest BCUT2D eigenvalue weighted by Gasteiger charge is 2.21. The largest absolute Gasteiger partial charge is 0.493 e. The number of aromatic carboxylic acids is 1. The summed E-state index contributed by atoms with van der Waals surface area (Å²) in [6.45, 7) is 2.57. The van der Waals surface area contributed by atoms with Gasteiger partial charge in [-0.1, -0.05) is 206 Å². The number of carbonyl (C=O) groups is 4. The molecule has 690 valence electrons. The molecule has 0 unspecified atom stereocenters. The Hall–Kier alpha value is -16.7. The van der Waals surface area contributed by atoms with Crippen LogP contribution in [-0.2, 0) is 72.4 Å². The summed E-state index contributed by atoms with van der Waals surface area (Å²) >= 11 is 0. The summed E-state index contributed by atoms with van der Waals surface area (Å²) in [6, 6.07) is 109. The first-order valence-electron chi connectivity index (χ1n) is 41.3. The van der Waals surface area contributed by atoms with Crippen LogP contribution in [0.4, 0.5) is 0 Å². The van der Waals surface area contributed by atoms with Crippen LogP contribution in [0.3, 0.4) is 0 Å². The number of esters is 2. The average molecular weight is 1830 g/mol. The number of nitrogens with one attached hydrogen (secondary N) is 1. The topological polar surface area (TPSA) is 297 Å². The molecule has 0 spiro atoms. The van der Waals surface area contributed by atoms with E-state index in [1.807, 2.05) is 255 Å². The Kier molecular flexibility index (Phi) is 37.2. The molecule has 0 aliphatic carbocycles. The molecule has 24 nitrogen and oxygen atoms in total. The Morgan fingerprint density at radius 2 is 0.570 bits per heavy atom. The first-order valence-corrected chi connectivity index (χ1v) is 42.8. The standard InChI is InChI=1S/C31H26N2O6S.C26H23NO5.C25H21NO4.C24H19NO4.4CH4/c1-37-30-19-24(31(34)33-40(35,36)27-11-3-2-4-12-27)15-17-29(30)39-20-22-8-7-10-26(18-22)38-21-25-16-14-23-9-5-6-13-28(23)32-25;1-29-25-15-20(26(28)30-2)11-13-24(25)32-16-18-6-5-8-22(14-18)31-17-21-12-10-19-7-3-4-9-23(19)27-21;1-28-25(27)20-8-4-6-18(14-20)16-29-22-9-5-10-23(15-22)30-17-21-13-12-19-7-2-3-11-24(19)26-21;26-24(27)19-7-3-5-17(13-19)15-28-21-8-4-9-22(14-21)29-16-20-12-11-18-6-1-2-10-23(18)25-20;;;;/h2-19H,20-21H2,1H3,(H,33,34);3-15H,16-17H2,1-2H3;2-15H,16-17H2,1H3;1-14H,15-16H2,(H,26,27);4*1H4. The number of pyridine rings is 4. The van der Waals surface area contributed by atoms with Crippen LogP contribution in [0.5, 0.6) is 57.5 Å². The van der Waals surface area contributed by atoms with E-state index in [1.165, 1.54) is 52.7 Å². The highest BCUT2D eigenvalue weighted by Crippen LogP contribution is 2.33. The SMILES string of the molecule is C.C.C.C.COC(=O)c1ccc(OCc2cccc(OCc3ccc4ccccc4n3)c2)c(OC)c1.COC(=O)c1cccc(COc2cccc(OCc3ccc4ccccc4n3)c2)c1.COc1cc(C(=O)NS(=O)(=O)c2ccccc2)ccc1OCc1cccc(OCc2ccc3ccccc3n2)c1.O=C(O)c1cccc(COc2cccc(OCc3ccc4ccccc4n3)c2)c1. The molecule has 0 bridgehead atoms. The van der Waals surface area contributed by atoms with Gasteiger partial charge in [-0.15, -0.1) is 0 Å². The zero-order valence-electron chi connectivity index (χ0n) is 71.7. The van der Waals surface area contributed by atoms with Gasteiger partial charge in [-0.3, -0.25) is 4.79 Å². The summed E-state index contributed by atoms with van der Waals surface area (Å²) in [5, 5.41) is 13.5. The third-order valence-electron chi connectivity index (χ3n) is 20.0. The van der Waals surface area contributed by atoms with Gasteiger partial charge in [-0.05, 0) is 192 Å². The minimum Gasteiger partial charge on any atom is -0.493 e. The number of hydrogen-bond acceptors (Lipinski definition) is 22. The summed E-state index contributed by atoms with van der Waals surface area (Å²) in [5.41, 5.74) is 11.9. The number of hydrogen-bond donors (Lipinski definition) is 2. The fourth-order valence-electron chi connectivity index (χ4n) is 13.3. The Labute approximate surface area is 785 Å². The molecule has 0 atom stereocenters. The quantitative estimate of drug-likeness (QED) is 0.0370. The van der Waals surface area contributed by atoms with Crippen LogP contribution in [0, 0.1) is 0 Å². The number of aromatic nitrogens is 4. The van der Waals surface area contributed by atoms with Crippen molar-refractivity contribution < 1.29 is 89.5 Å².